The topological polar surface area (TPSA) is 174 Å². The van der Waals surface area contributed by atoms with E-state index in [-0.39, 0.29) is 35.1 Å². The Morgan fingerprint density at radius 2 is 2.24 bits per heavy atom. The fourth-order valence-electron chi connectivity index (χ4n) is 2.87. The van der Waals surface area contributed by atoms with E-state index in [1.165, 1.54) is 31.2 Å². The molecule has 0 unspecified atom stereocenters. The zero-order valence-corrected chi connectivity index (χ0v) is 15.8. The lowest BCUT2D eigenvalue weighted by atomic mass is 10.0. The molecule has 13 heteroatoms. The number of rotatable bonds is 7. The van der Waals surface area contributed by atoms with Gasteiger partial charge in [0.05, 0.1) is 6.26 Å². The summed E-state index contributed by atoms with van der Waals surface area (Å²) in [6, 6.07) is 2.08. The number of ether oxygens (including phenoxy) is 1. The third-order valence-corrected chi connectivity index (χ3v) is 5.42. The fourth-order valence-corrected chi connectivity index (χ4v) is 4.19. The predicted molar refractivity (Wildman–Crippen MR) is 97.5 cm³/mol. The highest BCUT2D eigenvalue weighted by Gasteiger charge is 2.54. The second kappa shape index (κ2) is 8.26. The van der Waals surface area contributed by atoms with Crippen molar-refractivity contribution >= 4 is 41.4 Å². The van der Waals surface area contributed by atoms with Gasteiger partial charge >= 0.3 is 12.1 Å². The highest BCUT2D eigenvalue weighted by Crippen LogP contribution is 2.40. The molecule has 0 aromatic carbocycles. The molecule has 2 aliphatic rings. The monoisotopic (exact) mass is 424 g/mol. The molecule has 0 saturated carbocycles. The number of furan rings is 1. The molecule has 29 heavy (non-hydrogen) atoms. The van der Waals surface area contributed by atoms with Crippen LogP contribution in [0.5, 0.6) is 0 Å². The third-order valence-electron chi connectivity index (χ3n) is 4.08. The quantitative estimate of drug-likeness (QED) is 0.295. The molecule has 3 heterocycles. The number of amides is 3. The van der Waals surface area contributed by atoms with Crippen molar-refractivity contribution in [2.45, 2.75) is 11.4 Å². The maximum atomic E-state index is 12.6. The molecule has 3 rings (SSSR count). The minimum absolute atomic E-state index is 0.140. The molecule has 1 aromatic heterocycles. The van der Waals surface area contributed by atoms with Crippen LogP contribution in [-0.2, 0) is 24.0 Å². The molecule has 1 saturated heterocycles. The molecule has 0 aliphatic carbocycles. The Hall–Kier alpha value is -3.48. The first kappa shape index (κ1) is 20.3. The van der Waals surface area contributed by atoms with Gasteiger partial charge in [-0.1, -0.05) is 5.16 Å². The van der Waals surface area contributed by atoms with Crippen LogP contribution < -0.4 is 11.1 Å². The maximum Gasteiger partial charge on any atom is 0.404 e. The van der Waals surface area contributed by atoms with Crippen molar-refractivity contribution in [2.75, 3.05) is 19.5 Å². The SMILES string of the molecule is CO/N=C(/C(=O)N[C@H]1C(=O)N2C(C(=O)O)=C(COC(N)=O)CS[C@H]12)c1ccco1. The Bertz CT molecular complexity index is 910. The van der Waals surface area contributed by atoms with E-state index in [0.717, 1.165) is 4.90 Å². The van der Waals surface area contributed by atoms with Crippen LogP contribution in [0.1, 0.15) is 5.76 Å². The first-order valence-corrected chi connectivity index (χ1v) is 9.18. The van der Waals surface area contributed by atoms with Crippen molar-refractivity contribution in [2.24, 2.45) is 10.9 Å². The van der Waals surface area contributed by atoms with Gasteiger partial charge in [0, 0.05) is 11.3 Å². The van der Waals surface area contributed by atoms with Gasteiger partial charge in [0.1, 0.15) is 30.8 Å². The molecule has 0 radical (unpaired) electrons. The summed E-state index contributed by atoms with van der Waals surface area (Å²) in [6.07, 6.45) is 0.290. The van der Waals surface area contributed by atoms with E-state index >= 15 is 0 Å². The number of primary amides is 1. The average molecular weight is 424 g/mol. The van der Waals surface area contributed by atoms with Gasteiger partial charge in [-0.25, -0.2) is 9.59 Å². The Labute approximate surface area is 167 Å². The summed E-state index contributed by atoms with van der Waals surface area (Å²) in [5, 5.41) is 15.0. The second-order valence-corrected chi connectivity index (χ2v) is 6.93. The lowest BCUT2D eigenvalue weighted by Crippen LogP contribution is -2.71. The van der Waals surface area contributed by atoms with E-state index in [2.05, 4.69) is 20.0 Å². The zero-order chi connectivity index (χ0) is 21.1. The molecule has 0 spiro atoms. The minimum atomic E-state index is -1.35. The standard InChI is InChI=1S/C16H16N4O8S/c1-26-19-9(8-3-2-4-27-8)12(21)18-10-13(22)20-11(15(23)24)7(5-28-16(17)25)6-29-14(10)20/h2-4,10,14H,5-6H2,1H3,(H2,17,25)(H,18,21)(H,23,24)/b19-9+/t10-,14+/m0/s1. The molecule has 1 fully saturated rings. The Morgan fingerprint density at radius 1 is 1.48 bits per heavy atom. The Kier molecular flexibility index (Phi) is 5.77. The largest absolute Gasteiger partial charge is 0.477 e. The summed E-state index contributed by atoms with van der Waals surface area (Å²) >= 11 is 1.21. The van der Waals surface area contributed by atoms with Crippen LogP contribution in [0.15, 0.2) is 39.2 Å². The van der Waals surface area contributed by atoms with Crippen molar-refractivity contribution in [1.29, 1.82) is 0 Å². The number of carboxylic acid groups (broad SMARTS) is 1. The molecule has 154 valence electrons. The molecule has 0 bridgehead atoms. The summed E-state index contributed by atoms with van der Waals surface area (Å²) < 4.78 is 9.79. The normalized spacial score (nSPS) is 21.2. The predicted octanol–water partition coefficient (Wildman–Crippen LogP) is -0.536. The average Bonchev–Trinajstić information content (AvgIpc) is 3.21. The van der Waals surface area contributed by atoms with Gasteiger partial charge < -0.3 is 30.1 Å². The first-order valence-electron chi connectivity index (χ1n) is 8.13. The number of nitrogens with one attached hydrogen (secondary N) is 1. The van der Waals surface area contributed by atoms with Gasteiger partial charge in [-0.2, -0.15) is 0 Å². The summed E-state index contributed by atoms with van der Waals surface area (Å²) in [5.41, 5.74) is 4.68. The van der Waals surface area contributed by atoms with Crippen LogP contribution in [0.25, 0.3) is 0 Å². The number of aliphatic carboxylic acids is 1. The zero-order valence-electron chi connectivity index (χ0n) is 15.0. The summed E-state index contributed by atoms with van der Waals surface area (Å²) in [4.78, 5) is 53.3. The van der Waals surface area contributed by atoms with Crippen molar-refractivity contribution in [3.63, 3.8) is 0 Å². The Morgan fingerprint density at radius 3 is 2.83 bits per heavy atom. The summed E-state index contributed by atoms with van der Waals surface area (Å²) in [7, 11) is 1.25. The molecular formula is C16H16N4O8S. The molecule has 2 atom stereocenters. The number of nitrogens with two attached hydrogens (primary N) is 1. The van der Waals surface area contributed by atoms with Gasteiger partial charge in [-0.15, -0.1) is 11.8 Å². The highest BCUT2D eigenvalue weighted by molar-refractivity contribution is 8.00. The number of carbonyl (C=O) groups excluding carboxylic acids is 3. The minimum Gasteiger partial charge on any atom is -0.477 e. The van der Waals surface area contributed by atoms with Gasteiger partial charge in [0.15, 0.2) is 5.76 Å². The van der Waals surface area contributed by atoms with Crippen molar-refractivity contribution < 1.29 is 38.3 Å². The first-order chi connectivity index (χ1) is 13.8. The molecular weight excluding hydrogens is 408 g/mol. The number of nitrogens with zero attached hydrogens (tertiary/aromatic N) is 2. The van der Waals surface area contributed by atoms with Gasteiger partial charge in [0.2, 0.25) is 5.71 Å². The van der Waals surface area contributed by atoms with Crippen molar-refractivity contribution in [1.82, 2.24) is 10.2 Å². The second-order valence-electron chi connectivity index (χ2n) is 5.83. The maximum absolute atomic E-state index is 12.6. The summed E-state index contributed by atoms with van der Waals surface area (Å²) in [5.74, 6) is -2.38. The number of fused-ring (bicyclic) bond motifs is 1. The van der Waals surface area contributed by atoms with E-state index in [9.17, 15) is 24.3 Å². The Balaban J connectivity index is 1.77. The highest BCUT2D eigenvalue weighted by atomic mass is 32.2. The van der Waals surface area contributed by atoms with E-state index in [1.54, 1.807) is 6.07 Å². The number of oxime groups is 1. The third kappa shape index (κ3) is 3.89. The van der Waals surface area contributed by atoms with Crippen LogP contribution in [0.3, 0.4) is 0 Å². The van der Waals surface area contributed by atoms with E-state index in [4.69, 9.17) is 10.2 Å². The summed E-state index contributed by atoms with van der Waals surface area (Å²) in [6.45, 7) is -0.347. The lowest BCUT2D eigenvalue weighted by molar-refractivity contribution is -0.150. The van der Waals surface area contributed by atoms with Crippen LogP contribution >= 0.6 is 11.8 Å². The van der Waals surface area contributed by atoms with E-state index < -0.39 is 35.3 Å². The molecule has 1 aromatic rings. The molecule has 4 N–H and O–H groups in total. The fraction of sp³-hybridized carbons (Fsp3) is 0.312. The van der Waals surface area contributed by atoms with Crippen LogP contribution in [0, 0.1) is 0 Å². The number of β-lactam (4-membered cyclic amide) rings is 1. The molecule has 3 amide bonds. The number of hydrogen-bond acceptors (Lipinski definition) is 9. The smallest absolute Gasteiger partial charge is 0.404 e. The number of carbonyl (C=O) groups is 4. The van der Waals surface area contributed by atoms with Gasteiger partial charge in [-0.05, 0) is 12.1 Å². The van der Waals surface area contributed by atoms with Gasteiger partial charge in [0.25, 0.3) is 11.8 Å². The van der Waals surface area contributed by atoms with Crippen LogP contribution in [0.2, 0.25) is 0 Å². The van der Waals surface area contributed by atoms with Crippen molar-refractivity contribution in [3.8, 4) is 0 Å². The number of hydrogen-bond donors (Lipinski definition) is 3. The van der Waals surface area contributed by atoms with Crippen LogP contribution in [0.4, 0.5) is 4.79 Å². The van der Waals surface area contributed by atoms with E-state index in [1.807, 2.05) is 0 Å². The molecule has 12 nitrogen and oxygen atoms in total. The van der Waals surface area contributed by atoms with Crippen LogP contribution in [-0.4, -0.2) is 70.5 Å². The number of carboxylic acids is 1. The van der Waals surface area contributed by atoms with E-state index in [0.29, 0.717) is 0 Å². The lowest BCUT2D eigenvalue weighted by Gasteiger charge is -2.49. The van der Waals surface area contributed by atoms with Crippen molar-refractivity contribution in [3.05, 3.63) is 35.4 Å². The van der Waals surface area contributed by atoms with Gasteiger partial charge in [-0.3, -0.25) is 14.5 Å². The number of thioether (sulfide) groups is 1. The molecule has 2 aliphatic heterocycles.